The van der Waals surface area contributed by atoms with Gasteiger partial charge in [0, 0.05) is 18.5 Å². The number of hydrogen-bond acceptors (Lipinski definition) is 4. The summed E-state index contributed by atoms with van der Waals surface area (Å²) in [6.45, 7) is 3.07. The van der Waals surface area contributed by atoms with Crippen LogP contribution in [0.4, 0.5) is 0 Å². The first-order valence-electron chi connectivity index (χ1n) is 6.46. The van der Waals surface area contributed by atoms with Gasteiger partial charge in [0.1, 0.15) is 0 Å². The van der Waals surface area contributed by atoms with Gasteiger partial charge in [-0.15, -0.1) is 0 Å². The monoisotopic (exact) mass is 257 g/mol. The van der Waals surface area contributed by atoms with Crippen LogP contribution in [-0.2, 0) is 19.4 Å². The molecule has 0 bridgehead atoms. The number of hydrogen-bond donors (Lipinski definition) is 0. The van der Waals surface area contributed by atoms with Crippen LogP contribution >= 0.6 is 0 Å². The zero-order valence-electron chi connectivity index (χ0n) is 10.8. The Hall–Kier alpha value is -2.17. The molecule has 1 aromatic heterocycles. The number of carbonyl (C=O) groups is 1. The number of fused-ring (bicyclic) bond motifs is 1. The fourth-order valence-corrected chi connectivity index (χ4v) is 2.29. The van der Waals surface area contributed by atoms with E-state index in [2.05, 4.69) is 10.1 Å². The van der Waals surface area contributed by atoms with Gasteiger partial charge in [0.05, 0.1) is 6.54 Å². The molecule has 19 heavy (non-hydrogen) atoms. The average molecular weight is 257 g/mol. The second-order valence-electron chi connectivity index (χ2n) is 4.59. The Morgan fingerprint density at radius 3 is 3.00 bits per heavy atom. The standard InChI is InChI=1S/C14H15N3O2/c1-2-13-15-12(16-19-13)9-17-8-7-10-5-3-4-6-11(10)14(17)18/h3-6H,2,7-9H2,1H3. The second-order valence-corrected chi connectivity index (χ2v) is 4.59. The molecule has 0 N–H and O–H groups in total. The summed E-state index contributed by atoms with van der Waals surface area (Å²) in [5.74, 6) is 1.23. The van der Waals surface area contributed by atoms with Crippen LogP contribution in [0.2, 0.25) is 0 Å². The molecule has 1 aliphatic rings. The zero-order chi connectivity index (χ0) is 13.2. The lowest BCUT2D eigenvalue weighted by Gasteiger charge is -2.27. The molecular formula is C14H15N3O2. The molecule has 0 aliphatic carbocycles. The number of amides is 1. The number of benzene rings is 1. The second kappa shape index (κ2) is 4.84. The lowest BCUT2D eigenvalue weighted by Crippen LogP contribution is -2.37. The molecule has 0 saturated heterocycles. The molecule has 0 radical (unpaired) electrons. The number of aryl methyl sites for hydroxylation is 1. The first kappa shape index (κ1) is 11.9. The van der Waals surface area contributed by atoms with E-state index in [1.807, 2.05) is 31.2 Å². The molecule has 1 amide bonds. The third-order valence-electron chi connectivity index (χ3n) is 3.33. The zero-order valence-corrected chi connectivity index (χ0v) is 10.8. The molecule has 1 aliphatic heterocycles. The minimum absolute atomic E-state index is 0.0460. The van der Waals surface area contributed by atoms with Crippen molar-refractivity contribution < 1.29 is 9.32 Å². The Bertz CT molecular complexity index is 606. The van der Waals surface area contributed by atoms with Crippen LogP contribution in [0.3, 0.4) is 0 Å². The fourth-order valence-electron chi connectivity index (χ4n) is 2.29. The van der Waals surface area contributed by atoms with Gasteiger partial charge in [-0.1, -0.05) is 30.3 Å². The third-order valence-corrected chi connectivity index (χ3v) is 3.33. The summed E-state index contributed by atoms with van der Waals surface area (Å²) >= 11 is 0. The van der Waals surface area contributed by atoms with Gasteiger partial charge in [0.25, 0.3) is 5.91 Å². The lowest BCUT2D eigenvalue weighted by atomic mass is 9.99. The van der Waals surface area contributed by atoms with Gasteiger partial charge < -0.3 is 9.42 Å². The summed E-state index contributed by atoms with van der Waals surface area (Å²) in [6, 6.07) is 7.74. The highest BCUT2D eigenvalue weighted by Crippen LogP contribution is 2.19. The molecule has 2 aromatic rings. The average Bonchev–Trinajstić information content (AvgIpc) is 2.90. The van der Waals surface area contributed by atoms with Crippen molar-refractivity contribution in [1.82, 2.24) is 15.0 Å². The summed E-state index contributed by atoms with van der Waals surface area (Å²) in [4.78, 5) is 18.3. The normalized spacial score (nSPS) is 14.6. The van der Waals surface area contributed by atoms with Crippen LogP contribution in [0.5, 0.6) is 0 Å². The van der Waals surface area contributed by atoms with Crippen molar-refractivity contribution in [3.05, 3.63) is 47.1 Å². The van der Waals surface area contributed by atoms with E-state index in [1.165, 1.54) is 0 Å². The molecule has 5 heteroatoms. The topological polar surface area (TPSA) is 59.2 Å². The molecule has 0 atom stereocenters. The van der Waals surface area contributed by atoms with Crippen molar-refractivity contribution in [3.63, 3.8) is 0 Å². The Kier molecular flexibility index (Phi) is 3.03. The summed E-state index contributed by atoms with van der Waals surface area (Å²) in [6.07, 6.45) is 1.59. The van der Waals surface area contributed by atoms with Gasteiger partial charge >= 0.3 is 0 Å². The molecular weight excluding hydrogens is 242 g/mol. The Labute approximate surface area is 111 Å². The van der Waals surface area contributed by atoms with E-state index < -0.39 is 0 Å². The molecule has 98 valence electrons. The summed E-state index contributed by atoms with van der Waals surface area (Å²) in [7, 11) is 0. The number of nitrogens with zero attached hydrogens (tertiary/aromatic N) is 3. The van der Waals surface area contributed by atoms with Crippen LogP contribution in [0.25, 0.3) is 0 Å². The highest BCUT2D eigenvalue weighted by Gasteiger charge is 2.25. The Morgan fingerprint density at radius 1 is 1.37 bits per heavy atom. The predicted molar refractivity (Wildman–Crippen MR) is 68.6 cm³/mol. The first-order chi connectivity index (χ1) is 9.28. The van der Waals surface area contributed by atoms with Crippen LogP contribution < -0.4 is 0 Å². The van der Waals surface area contributed by atoms with E-state index in [-0.39, 0.29) is 5.91 Å². The maximum absolute atomic E-state index is 12.3. The van der Waals surface area contributed by atoms with Crippen molar-refractivity contribution in [1.29, 1.82) is 0 Å². The largest absolute Gasteiger partial charge is 0.339 e. The van der Waals surface area contributed by atoms with E-state index in [4.69, 9.17) is 4.52 Å². The van der Waals surface area contributed by atoms with E-state index >= 15 is 0 Å². The summed E-state index contributed by atoms with van der Waals surface area (Å²) < 4.78 is 5.06. The predicted octanol–water partition coefficient (Wildman–Crippen LogP) is 1.83. The molecule has 0 unspecified atom stereocenters. The molecule has 0 spiro atoms. The van der Waals surface area contributed by atoms with Crippen molar-refractivity contribution in [3.8, 4) is 0 Å². The van der Waals surface area contributed by atoms with Crippen molar-refractivity contribution >= 4 is 5.91 Å². The summed E-state index contributed by atoms with van der Waals surface area (Å²) in [5, 5.41) is 3.89. The number of aromatic nitrogens is 2. The van der Waals surface area contributed by atoms with Gasteiger partial charge in [0.2, 0.25) is 5.89 Å². The minimum atomic E-state index is 0.0460. The van der Waals surface area contributed by atoms with Gasteiger partial charge in [0.15, 0.2) is 5.82 Å². The van der Waals surface area contributed by atoms with Gasteiger partial charge in [-0.25, -0.2) is 0 Å². The highest BCUT2D eigenvalue weighted by atomic mass is 16.5. The lowest BCUT2D eigenvalue weighted by molar-refractivity contribution is 0.0721. The third kappa shape index (κ3) is 2.23. The Balaban J connectivity index is 1.79. The quantitative estimate of drug-likeness (QED) is 0.841. The highest BCUT2D eigenvalue weighted by molar-refractivity contribution is 5.96. The van der Waals surface area contributed by atoms with E-state index in [9.17, 15) is 4.79 Å². The molecule has 3 rings (SSSR count). The smallest absolute Gasteiger partial charge is 0.254 e. The molecule has 0 fully saturated rings. The SMILES string of the molecule is CCc1nc(CN2CCc3ccccc3C2=O)no1. The van der Waals surface area contributed by atoms with Crippen LogP contribution in [0, 0.1) is 0 Å². The van der Waals surface area contributed by atoms with Gasteiger partial charge in [-0.2, -0.15) is 4.98 Å². The van der Waals surface area contributed by atoms with Crippen molar-refractivity contribution in [2.45, 2.75) is 26.3 Å². The first-order valence-corrected chi connectivity index (χ1v) is 6.46. The van der Waals surface area contributed by atoms with Gasteiger partial charge in [-0.05, 0) is 18.1 Å². The molecule has 1 aromatic carbocycles. The van der Waals surface area contributed by atoms with E-state index in [0.717, 1.165) is 17.5 Å². The van der Waals surface area contributed by atoms with Crippen LogP contribution in [0.15, 0.2) is 28.8 Å². The van der Waals surface area contributed by atoms with E-state index in [1.54, 1.807) is 4.90 Å². The maximum atomic E-state index is 12.3. The van der Waals surface area contributed by atoms with E-state index in [0.29, 0.717) is 31.2 Å². The fraction of sp³-hybridized carbons (Fsp3) is 0.357. The maximum Gasteiger partial charge on any atom is 0.254 e. The van der Waals surface area contributed by atoms with Crippen LogP contribution in [-0.4, -0.2) is 27.5 Å². The number of carbonyl (C=O) groups excluding carboxylic acids is 1. The number of rotatable bonds is 3. The van der Waals surface area contributed by atoms with Crippen molar-refractivity contribution in [2.75, 3.05) is 6.54 Å². The van der Waals surface area contributed by atoms with Gasteiger partial charge in [-0.3, -0.25) is 4.79 Å². The molecule has 5 nitrogen and oxygen atoms in total. The van der Waals surface area contributed by atoms with Crippen molar-refractivity contribution in [2.24, 2.45) is 0 Å². The minimum Gasteiger partial charge on any atom is -0.339 e. The van der Waals surface area contributed by atoms with Crippen LogP contribution in [0.1, 0.15) is 34.6 Å². The summed E-state index contributed by atoms with van der Waals surface area (Å²) in [5.41, 5.74) is 1.90. The molecule has 0 saturated carbocycles. The Morgan fingerprint density at radius 2 is 2.21 bits per heavy atom. The molecule has 2 heterocycles.